The first kappa shape index (κ1) is 118. The molecule has 1 aromatic carbocycles. The number of carboxylic acid groups (broad SMARTS) is 1. The second-order valence-corrected chi connectivity index (χ2v) is 37.1. The van der Waals surface area contributed by atoms with Gasteiger partial charge in [-0.3, -0.25) is 81.5 Å². The van der Waals surface area contributed by atoms with Crippen molar-refractivity contribution in [1.29, 1.82) is 0 Å². The second kappa shape index (κ2) is 58.6. The number of amides is 16. The van der Waals surface area contributed by atoms with Gasteiger partial charge in [0.1, 0.15) is 72.2 Å². The number of nitrogens with zero attached hydrogens (tertiary/aromatic N) is 5. The van der Waals surface area contributed by atoms with Crippen molar-refractivity contribution in [3.63, 3.8) is 0 Å². The van der Waals surface area contributed by atoms with E-state index >= 15 is 0 Å². The molecular weight excluding hydrogens is 1830 g/mol. The number of nitrogens with one attached hydrogen (secondary N) is 13. The highest BCUT2D eigenvalue weighted by molar-refractivity contribution is 14.1. The van der Waals surface area contributed by atoms with Crippen LogP contribution in [0.25, 0.3) is 0 Å². The van der Waals surface area contributed by atoms with Crippen molar-refractivity contribution in [2.75, 3.05) is 52.4 Å². The summed E-state index contributed by atoms with van der Waals surface area (Å²) in [5, 5.41) is 102. The number of unbranched alkanes of at least 4 members (excludes halogenated alkanes) is 1. The number of halogens is 1. The van der Waals surface area contributed by atoms with Crippen LogP contribution in [0.3, 0.4) is 0 Å². The Morgan fingerprint density at radius 2 is 1.02 bits per heavy atom. The number of carbonyl (C=O) groups excluding carboxylic acids is 16. The third-order valence-electron chi connectivity index (χ3n) is 23.3. The molecular formula is C84H145B2IN22O23. The Labute approximate surface area is 786 Å². The maximum atomic E-state index is 14.9. The van der Waals surface area contributed by atoms with E-state index in [0.29, 0.717) is 72.4 Å². The molecule has 48 heteroatoms. The van der Waals surface area contributed by atoms with E-state index in [1.165, 1.54) is 39.0 Å². The first-order chi connectivity index (χ1) is 61.6. The number of aliphatic carboxylic acids is 1. The Morgan fingerprint density at radius 1 is 0.561 bits per heavy atom. The average Bonchev–Trinajstić information content (AvgIpc) is 1.63. The number of aromatic hydroxyl groups is 1. The van der Waals surface area contributed by atoms with Gasteiger partial charge in [0, 0.05) is 69.4 Å². The van der Waals surface area contributed by atoms with Gasteiger partial charge in [0.05, 0.1) is 40.7 Å². The van der Waals surface area contributed by atoms with E-state index in [4.69, 9.17) is 22.9 Å². The normalized spacial score (nSPS) is 15.9. The fraction of sp³-hybridized carbons (Fsp3) is 0.702. The van der Waals surface area contributed by atoms with Gasteiger partial charge in [-0.15, -0.1) is 0 Å². The lowest BCUT2D eigenvalue weighted by molar-refractivity contribution is -0.143. The number of primary amides is 3. The molecule has 0 saturated carbocycles. The zero-order chi connectivity index (χ0) is 100. The van der Waals surface area contributed by atoms with Crippen LogP contribution < -0.4 is 92.1 Å². The van der Waals surface area contributed by atoms with Gasteiger partial charge in [0.15, 0.2) is 16.0 Å². The zero-order valence-corrected chi connectivity index (χ0v) is 81.1. The summed E-state index contributed by atoms with van der Waals surface area (Å²) in [6, 6.07) is -14.3. The first-order valence-electron chi connectivity index (χ1n) is 44.6. The van der Waals surface area contributed by atoms with Gasteiger partial charge in [0.2, 0.25) is 94.5 Å². The number of nitrogens with two attached hydrogens (primary N) is 4. The van der Waals surface area contributed by atoms with Crippen molar-refractivity contribution in [3.05, 3.63) is 27.3 Å². The van der Waals surface area contributed by atoms with Gasteiger partial charge in [-0.1, -0.05) is 64.3 Å². The van der Waals surface area contributed by atoms with Crippen molar-refractivity contribution < 1.29 is 112 Å². The van der Waals surface area contributed by atoms with Crippen LogP contribution in [0.15, 0.2) is 28.5 Å². The molecule has 0 unspecified atom stereocenters. The minimum Gasteiger partial charge on any atom is -0.507 e. The molecule has 16 amide bonds. The zero-order valence-electron chi connectivity index (χ0n) is 79.0. The molecule has 0 spiro atoms. The van der Waals surface area contributed by atoms with Gasteiger partial charge in [-0.2, -0.15) is 0 Å². The molecule has 132 heavy (non-hydrogen) atoms. The van der Waals surface area contributed by atoms with Crippen LogP contribution in [-0.4, -0.2) is 315 Å². The number of oxime groups is 2. The van der Waals surface area contributed by atoms with E-state index in [1.54, 1.807) is 27.7 Å². The minimum absolute atomic E-state index is 0.0130. The number of aliphatic hydroxyl groups is 2. The lowest BCUT2D eigenvalue weighted by Gasteiger charge is -2.38. The first-order valence-corrected chi connectivity index (χ1v) is 45.7. The molecule has 1 fully saturated rings. The predicted molar refractivity (Wildman–Crippen MR) is 501 cm³/mol. The summed E-state index contributed by atoms with van der Waals surface area (Å²) in [6.45, 7) is 24.6. The van der Waals surface area contributed by atoms with Crippen molar-refractivity contribution in [2.45, 2.75) is 302 Å². The monoisotopic (exact) mass is 1980 g/mol. The summed E-state index contributed by atoms with van der Waals surface area (Å²) < 4.78 is 0.331. The van der Waals surface area contributed by atoms with E-state index in [-0.39, 0.29) is 81.1 Å². The van der Waals surface area contributed by atoms with Crippen molar-refractivity contribution in [1.82, 2.24) is 83.6 Å². The van der Waals surface area contributed by atoms with Gasteiger partial charge in [0.25, 0.3) is 0 Å². The van der Waals surface area contributed by atoms with Crippen molar-refractivity contribution in [2.24, 2.45) is 56.9 Å². The summed E-state index contributed by atoms with van der Waals surface area (Å²) >= 11 is 1.84. The number of benzene rings is 1. The van der Waals surface area contributed by atoms with Gasteiger partial charge >= 0.3 is 5.97 Å². The van der Waals surface area contributed by atoms with Crippen molar-refractivity contribution >= 4 is 150 Å². The molecule has 27 N–H and O–H groups in total. The molecule has 2 rings (SSSR count). The smallest absolute Gasteiger partial charge is 0.303 e. The fourth-order valence-corrected chi connectivity index (χ4v) is 14.9. The Morgan fingerprint density at radius 3 is 1.47 bits per heavy atom. The summed E-state index contributed by atoms with van der Waals surface area (Å²) in [6.07, 6.45) is -2.53. The standard InChI is InChI=1S/C84H145B2IN22O23/c1-44(2)36-58(75(123)95-53(18-15-16-31-88)41-92-42-68(117)93-32-28-51(29-34-108(85)83(11,12)48(8)105-131)30-35-109(86)84(13,14)49(9)106-132)99-76(124)59(37-45(3)4)101-81(129)71(47(7)111)104-78(126)60(39-52-20-24-64(113)54(87)38-52)100-79(127)63-19-17-33-107(63)82(130)62(43-110)102-80(128)70(46(5)6)103-74(122)56(22-26-66(90)115)96-73(121)57(23-27-69(118)119)97-72(120)55(21-25-65(89)114)98-77(125)61(40-67(91)116)94-50(10)112/h20,24,38,44-47,51,53,55-63,70-71,92,110-111,113,131-132H,15-19,21-23,25-37,39-43,85-86,88H2,1-14H3,(H2,89,114)(H2,90,115)(H2,91,116)(H,93,117)(H,94,112)(H,95,123)(H,96,121)(H,97,120)(H,98,125)(H,99,124)(H,100,127)(H,101,129)(H,102,128)(H,103,122)(H,104,126)(H,118,119)/b105-48+,106-49+/t47-,53-,55-,56-,57-,58-,59-,60-,61-,62-,63-,70-,71-/m0/s1. The summed E-state index contributed by atoms with van der Waals surface area (Å²) in [7, 11) is 3.92. The number of likely N-dealkylation sites (tertiary alicyclic amines) is 1. The number of phenols is 1. The Hall–Kier alpha value is -10.4. The number of phenolic OH excluding ortho intramolecular Hbond substituents is 1. The van der Waals surface area contributed by atoms with E-state index < -0.39 is 242 Å². The molecule has 1 heterocycles. The average molecular weight is 1980 g/mol. The Kier molecular flexibility index (Phi) is 52.2. The van der Waals surface area contributed by atoms with Crippen LogP contribution in [0, 0.1) is 27.2 Å². The Bertz CT molecular complexity index is 4070. The molecule has 13 atom stereocenters. The number of hydrogen-bond acceptors (Lipinski definition) is 28. The SMILES string of the molecule is BN(CCC(CCNC(=O)CNC[C@H](CCCCN)NC(=O)[C@H](CC(C)C)NC(=O)[C@H](CC(C)C)NC(=O)[C@@H](NC(=O)[C@H](Cc1ccc(O)c(I)c1)NC(=O)[C@@H]1CCCN1C(=O)[C@H](CO)NC(=O)[C@@H](NC(=O)[C@H](CCC(N)=O)NC(=O)[C@H](CCC(=O)O)NC(=O)[C@H](CCC(N)=O)NC(=O)[C@H](CC(N)=O)NC(C)=O)C(C)C)[C@H](C)O)CCN(B)C(C)(C)/C(C)=N/O)C(C)(C)/C(C)=N/O. The molecule has 1 aliphatic heterocycles. The summed E-state index contributed by atoms with van der Waals surface area (Å²) in [5.41, 5.74) is 22.3. The van der Waals surface area contributed by atoms with Crippen LogP contribution in [0.1, 0.15) is 212 Å². The molecule has 45 nitrogen and oxygen atoms in total. The summed E-state index contributed by atoms with van der Waals surface area (Å²) in [5.74, 6) is -18.2. The molecule has 0 aliphatic carbocycles. The molecule has 0 aromatic heterocycles. The number of carbonyl (C=O) groups is 17. The number of carboxylic acids is 1. The Balaban J connectivity index is 2.46. The van der Waals surface area contributed by atoms with Crippen LogP contribution in [0.4, 0.5) is 0 Å². The van der Waals surface area contributed by atoms with Crippen LogP contribution >= 0.6 is 22.6 Å². The second-order valence-electron chi connectivity index (χ2n) is 35.9. The third-order valence-corrected chi connectivity index (χ3v) is 24.2. The molecule has 1 aliphatic rings. The molecule has 0 radical (unpaired) electrons. The van der Waals surface area contributed by atoms with Crippen LogP contribution in [0.5, 0.6) is 5.75 Å². The molecule has 742 valence electrons. The number of aliphatic hydroxyl groups excluding tert-OH is 2. The fourth-order valence-electron chi connectivity index (χ4n) is 14.3. The molecule has 1 saturated heterocycles. The highest BCUT2D eigenvalue weighted by atomic mass is 127. The van der Waals surface area contributed by atoms with E-state index in [0.717, 1.165) is 24.7 Å². The van der Waals surface area contributed by atoms with E-state index in [2.05, 4.69) is 89.1 Å². The van der Waals surface area contributed by atoms with Gasteiger partial charge < -0.3 is 137 Å². The van der Waals surface area contributed by atoms with E-state index in [1.807, 2.05) is 80.1 Å². The van der Waals surface area contributed by atoms with Gasteiger partial charge in [-0.05, 0) is 209 Å². The third kappa shape index (κ3) is 41.8. The van der Waals surface area contributed by atoms with E-state index in [9.17, 15) is 112 Å². The van der Waals surface area contributed by atoms with Crippen molar-refractivity contribution in [3.8, 4) is 5.75 Å². The van der Waals surface area contributed by atoms with Crippen LogP contribution in [0.2, 0.25) is 0 Å². The minimum atomic E-state index is -1.88. The number of hydrogen-bond donors (Lipinski definition) is 23. The topological polar surface area (TPSA) is 706 Å². The van der Waals surface area contributed by atoms with Crippen LogP contribution in [-0.2, 0) is 87.9 Å². The maximum absolute atomic E-state index is 14.9. The lowest BCUT2D eigenvalue weighted by atomic mass is 9.89. The lowest BCUT2D eigenvalue weighted by Crippen LogP contribution is -2.62. The number of rotatable bonds is 63. The highest BCUT2D eigenvalue weighted by Crippen LogP contribution is 2.26. The predicted octanol–water partition coefficient (Wildman–Crippen LogP) is -5.15. The quantitative estimate of drug-likeness (QED) is 0.00724. The van der Waals surface area contributed by atoms with Gasteiger partial charge in [-0.25, -0.2) is 0 Å². The maximum Gasteiger partial charge on any atom is 0.303 e. The largest absolute Gasteiger partial charge is 0.507 e. The molecule has 1 aromatic rings. The summed E-state index contributed by atoms with van der Waals surface area (Å²) in [4.78, 5) is 236. The highest BCUT2D eigenvalue weighted by Gasteiger charge is 2.43. The molecule has 0 bridgehead atoms.